The summed E-state index contributed by atoms with van der Waals surface area (Å²) >= 11 is 3.50. The van der Waals surface area contributed by atoms with Crippen LogP contribution in [0.15, 0.2) is 40.9 Å². The largest absolute Gasteiger partial charge is 0.455 e. The highest BCUT2D eigenvalue weighted by Crippen LogP contribution is 2.37. The molecule has 0 radical (unpaired) electrons. The van der Waals surface area contributed by atoms with Crippen LogP contribution in [0, 0.1) is 6.92 Å². The van der Waals surface area contributed by atoms with Gasteiger partial charge in [0.1, 0.15) is 11.5 Å². The molecule has 0 aromatic heterocycles. The van der Waals surface area contributed by atoms with Crippen LogP contribution >= 0.6 is 15.9 Å². The van der Waals surface area contributed by atoms with Gasteiger partial charge in [-0.05, 0) is 42.2 Å². The zero-order chi connectivity index (χ0) is 14.9. The third-order valence-electron chi connectivity index (χ3n) is 3.14. The monoisotopic (exact) mass is 333 g/mol. The molecule has 0 aliphatic carbocycles. The fraction of sp³-hybridized carbons (Fsp3) is 0.294. The molecule has 3 heteroatoms. The normalized spacial score (nSPS) is 11.4. The van der Waals surface area contributed by atoms with Crippen molar-refractivity contribution in [1.29, 1.82) is 0 Å². The Balaban J connectivity index is 2.45. The lowest BCUT2D eigenvalue weighted by Crippen LogP contribution is -2.12. The summed E-state index contributed by atoms with van der Waals surface area (Å²) in [5.41, 5.74) is 8.97. The molecule has 0 fully saturated rings. The van der Waals surface area contributed by atoms with Crippen molar-refractivity contribution in [2.24, 2.45) is 0 Å². The Morgan fingerprint density at radius 2 is 1.70 bits per heavy atom. The first-order chi connectivity index (χ1) is 9.27. The van der Waals surface area contributed by atoms with E-state index >= 15 is 0 Å². The first-order valence-corrected chi connectivity index (χ1v) is 7.40. The van der Waals surface area contributed by atoms with Crippen LogP contribution in [0.1, 0.15) is 31.9 Å². The van der Waals surface area contributed by atoms with Gasteiger partial charge in [-0.15, -0.1) is 0 Å². The first kappa shape index (κ1) is 14.9. The number of hydrogen-bond donors (Lipinski definition) is 1. The predicted octanol–water partition coefficient (Wildman–Crippen LogP) is 5.43. The average Bonchev–Trinajstić information content (AvgIpc) is 2.31. The Morgan fingerprint density at radius 3 is 2.30 bits per heavy atom. The first-order valence-electron chi connectivity index (χ1n) is 6.61. The molecule has 0 unspecified atom stereocenters. The molecule has 2 aromatic carbocycles. The zero-order valence-electron chi connectivity index (χ0n) is 12.3. The molecule has 0 aliphatic heterocycles. The van der Waals surface area contributed by atoms with Crippen molar-refractivity contribution in [3.05, 3.63) is 52.0 Å². The minimum Gasteiger partial charge on any atom is -0.455 e. The van der Waals surface area contributed by atoms with E-state index in [2.05, 4.69) is 42.8 Å². The van der Waals surface area contributed by atoms with Gasteiger partial charge in [-0.1, -0.05) is 48.8 Å². The van der Waals surface area contributed by atoms with Crippen molar-refractivity contribution in [2.45, 2.75) is 33.1 Å². The number of benzene rings is 2. The third-order valence-corrected chi connectivity index (χ3v) is 3.63. The number of aryl methyl sites for hydroxylation is 1. The van der Waals surface area contributed by atoms with Crippen molar-refractivity contribution in [3.63, 3.8) is 0 Å². The molecule has 0 aliphatic rings. The number of halogens is 1. The van der Waals surface area contributed by atoms with E-state index in [1.807, 2.05) is 37.3 Å². The van der Waals surface area contributed by atoms with Crippen LogP contribution in [0.5, 0.6) is 11.5 Å². The summed E-state index contributed by atoms with van der Waals surface area (Å²) < 4.78 is 7.04. The van der Waals surface area contributed by atoms with Gasteiger partial charge in [0, 0.05) is 10.0 Å². The molecule has 0 amide bonds. The molecule has 2 aromatic rings. The van der Waals surface area contributed by atoms with Crippen LogP contribution in [-0.4, -0.2) is 0 Å². The van der Waals surface area contributed by atoms with Crippen LogP contribution in [0.3, 0.4) is 0 Å². The van der Waals surface area contributed by atoms with E-state index in [1.54, 1.807) is 0 Å². The number of ether oxygens (including phenoxy) is 1. The summed E-state index contributed by atoms with van der Waals surface area (Å²) in [5.74, 6) is 1.53. The van der Waals surface area contributed by atoms with Crippen LogP contribution in [0.4, 0.5) is 5.69 Å². The van der Waals surface area contributed by atoms with Crippen molar-refractivity contribution < 1.29 is 4.74 Å². The van der Waals surface area contributed by atoms with E-state index in [4.69, 9.17) is 10.5 Å². The standard InChI is InChI=1S/C17H20BrNO/c1-11-5-8-15(14(19)9-11)20-16-10-12(18)6-7-13(16)17(2,3)4/h5-10H,19H2,1-4H3. The average molecular weight is 334 g/mol. The Morgan fingerprint density at radius 1 is 1.00 bits per heavy atom. The van der Waals surface area contributed by atoms with E-state index in [1.165, 1.54) is 0 Å². The maximum atomic E-state index is 6.05. The van der Waals surface area contributed by atoms with E-state index in [-0.39, 0.29) is 5.41 Å². The van der Waals surface area contributed by atoms with E-state index in [0.29, 0.717) is 11.4 Å². The Kier molecular flexibility index (Phi) is 4.09. The van der Waals surface area contributed by atoms with E-state index in [9.17, 15) is 0 Å². The van der Waals surface area contributed by atoms with Gasteiger partial charge in [0.2, 0.25) is 0 Å². The van der Waals surface area contributed by atoms with Crippen LogP contribution < -0.4 is 10.5 Å². The van der Waals surface area contributed by atoms with Crippen molar-refractivity contribution in [1.82, 2.24) is 0 Å². The number of anilines is 1. The minimum absolute atomic E-state index is 0.00942. The fourth-order valence-corrected chi connectivity index (χ4v) is 2.42. The topological polar surface area (TPSA) is 35.2 Å². The van der Waals surface area contributed by atoms with Gasteiger partial charge in [-0.2, -0.15) is 0 Å². The summed E-state index contributed by atoms with van der Waals surface area (Å²) in [6.45, 7) is 8.52. The van der Waals surface area contributed by atoms with Crippen LogP contribution in [0.25, 0.3) is 0 Å². The predicted molar refractivity (Wildman–Crippen MR) is 88.5 cm³/mol. The number of nitrogen functional groups attached to an aromatic ring is 1. The maximum Gasteiger partial charge on any atom is 0.150 e. The second-order valence-electron chi connectivity index (χ2n) is 6.03. The molecular weight excluding hydrogens is 314 g/mol. The quantitative estimate of drug-likeness (QED) is 0.743. The molecule has 0 atom stereocenters. The highest BCUT2D eigenvalue weighted by atomic mass is 79.9. The second-order valence-corrected chi connectivity index (χ2v) is 6.95. The summed E-state index contributed by atoms with van der Waals surface area (Å²) in [4.78, 5) is 0. The molecule has 20 heavy (non-hydrogen) atoms. The summed E-state index contributed by atoms with van der Waals surface area (Å²) in [7, 11) is 0. The van der Waals surface area contributed by atoms with Gasteiger partial charge in [0.25, 0.3) is 0 Å². The Hall–Kier alpha value is -1.48. The Bertz CT molecular complexity index is 629. The van der Waals surface area contributed by atoms with Crippen molar-refractivity contribution >= 4 is 21.6 Å². The highest BCUT2D eigenvalue weighted by molar-refractivity contribution is 9.10. The van der Waals surface area contributed by atoms with E-state index < -0.39 is 0 Å². The molecule has 2 N–H and O–H groups in total. The molecular formula is C17H20BrNO. The zero-order valence-corrected chi connectivity index (χ0v) is 13.9. The van der Waals surface area contributed by atoms with E-state index in [0.717, 1.165) is 21.3 Å². The molecule has 0 bridgehead atoms. The molecule has 0 heterocycles. The highest BCUT2D eigenvalue weighted by Gasteiger charge is 2.20. The smallest absolute Gasteiger partial charge is 0.150 e. The number of hydrogen-bond acceptors (Lipinski definition) is 2. The summed E-state index contributed by atoms with van der Waals surface area (Å²) in [6, 6.07) is 11.9. The van der Waals surface area contributed by atoms with Gasteiger partial charge in [-0.25, -0.2) is 0 Å². The number of rotatable bonds is 2. The lowest BCUT2D eigenvalue weighted by Gasteiger charge is -2.23. The lowest BCUT2D eigenvalue weighted by molar-refractivity contribution is 0.457. The summed E-state index contributed by atoms with van der Waals surface area (Å²) in [5, 5.41) is 0. The fourth-order valence-electron chi connectivity index (χ4n) is 2.08. The SMILES string of the molecule is Cc1ccc(Oc2cc(Br)ccc2C(C)(C)C)c(N)c1. The molecule has 0 spiro atoms. The maximum absolute atomic E-state index is 6.05. The molecule has 0 saturated heterocycles. The second kappa shape index (κ2) is 5.49. The van der Waals surface area contributed by atoms with Gasteiger partial charge in [0.15, 0.2) is 0 Å². The molecule has 106 valence electrons. The number of nitrogens with two attached hydrogens (primary N) is 1. The Labute approximate surface area is 129 Å². The minimum atomic E-state index is 0.00942. The lowest BCUT2D eigenvalue weighted by atomic mass is 9.86. The molecule has 2 rings (SSSR count). The molecule has 0 saturated carbocycles. The van der Waals surface area contributed by atoms with Gasteiger partial charge in [-0.3, -0.25) is 0 Å². The van der Waals surface area contributed by atoms with Gasteiger partial charge < -0.3 is 10.5 Å². The van der Waals surface area contributed by atoms with Crippen LogP contribution in [-0.2, 0) is 5.41 Å². The third kappa shape index (κ3) is 3.34. The van der Waals surface area contributed by atoms with Crippen molar-refractivity contribution in [2.75, 3.05) is 5.73 Å². The van der Waals surface area contributed by atoms with Gasteiger partial charge >= 0.3 is 0 Å². The van der Waals surface area contributed by atoms with Crippen LogP contribution in [0.2, 0.25) is 0 Å². The van der Waals surface area contributed by atoms with Gasteiger partial charge in [0.05, 0.1) is 5.69 Å². The summed E-state index contributed by atoms with van der Waals surface area (Å²) in [6.07, 6.45) is 0. The van der Waals surface area contributed by atoms with Crippen molar-refractivity contribution in [3.8, 4) is 11.5 Å². The molecule has 2 nitrogen and oxygen atoms in total.